The zero-order valence-corrected chi connectivity index (χ0v) is 9.88. The average Bonchev–Trinajstić information content (AvgIpc) is 2.16. The largest absolute Gasteiger partial charge is 0.314 e. The molecule has 0 spiro atoms. The molecule has 0 unspecified atom stereocenters. The molecule has 2 fully saturated rings. The molecule has 1 heterocycles. The Morgan fingerprint density at radius 1 is 1.27 bits per heavy atom. The lowest BCUT2D eigenvalue weighted by molar-refractivity contribution is -0.136. The standard InChI is InChI=1S/C12H22N2O/c1-12(2,11(15)10-4-3-5-10)14-8-6-13-7-9-14/h10,13H,3-9H2,1-2H3. The summed E-state index contributed by atoms with van der Waals surface area (Å²) in [5.74, 6) is 0.825. The molecule has 0 aromatic rings. The molecule has 86 valence electrons. The summed E-state index contributed by atoms with van der Waals surface area (Å²) in [6, 6.07) is 0. The lowest BCUT2D eigenvalue weighted by Crippen LogP contribution is -2.58. The highest BCUT2D eigenvalue weighted by Crippen LogP contribution is 2.33. The van der Waals surface area contributed by atoms with Gasteiger partial charge in [0.25, 0.3) is 0 Å². The molecule has 0 atom stereocenters. The molecule has 0 bridgehead atoms. The highest BCUT2D eigenvalue weighted by Gasteiger charge is 2.40. The molecule has 2 rings (SSSR count). The first kappa shape index (κ1) is 11.1. The number of hydrogen-bond donors (Lipinski definition) is 1. The van der Waals surface area contributed by atoms with Crippen molar-refractivity contribution in [3.8, 4) is 0 Å². The molecule has 0 aromatic heterocycles. The van der Waals surface area contributed by atoms with Crippen molar-refractivity contribution in [2.45, 2.75) is 38.6 Å². The van der Waals surface area contributed by atoms with Crippen LogP contribution < -0.4 is 5.32 Å². The molecule has 1 saturated heterocycles. The first-order chi connectivity index (χ1) is 7.12. The van der Waals surface area contributed by atoms with Crippen molar-refractivity contribution >= 4 is 5.78 Å². The van der Waals surface area contributed by atoms with Crippen molar-refractivity contribution in [1.82, 2.24) is 10.2 Å². The van der Waals surface area contributed by atoms with Gasteiger partial charge in [-0.05, 0) is 26.7 Å². The van der Waals surface area contributed by atoms with Gasteiger partial charge in [0.05, 0.1) is 5.54 Å². The zero-order chi connectivity index (χ0) is 10.9. The van der Waals surface area contributed by atoms with E-state index < -0.39 is 0 Å². The van der Waals surface area contributed by atoms with Gasteiger partial charge >= 0.3 is 0 Å². The lowest BCUT2D eigenvalue weighted by Gasteiger charge is -2.43. The van der Waals surface area contributed by atoms with E-state index in [-0.39, 0.29) is 5.54 Å². The Balaban J connectivity index is 1.99. The Morgan fingerprint density at radius 3 is 2.33 bits per heavy atom. The molecule has 1 N–H and O–H groups in total. The minimum Gasteiger partial charge on any atom is -0.314 e. The average molecular weight is 210 g/mol. The van der Waals surface area contributed by atoms with Crippen molar-refractivity contribution in [3.05, 3.63) is 0 Å². The maximum atomic E-state index is 12.3. The number of hydrogen-bond acceptors (Lipinski definition) is 3. The van der Waals surface area contributed by atoms with Crippen LogP contribution in [0.15, 0.2) is 0 Å². The molecule has 0 radical (unpaired) electrons. The van der Waals surface area contributed by atoms with Gasteiger partial charge in [-0.15, -0.1) is 0 Å². The van der Waals surface area contributed by atoms with Gasteiger partial charge < -0.3 is 5.32 Å². The third-order valence-corrected chi connectivity index (χ3v) is 3.99. The van der Waals surface area contributed by atoms with Crippen molar-refractivity contribution in [1.29, 1.82) is 0 Å². The van der Waals surface area contributed by atoms with Crippen molar-refractivity contribution in [3.63, 3.8) is 0 Å². The SMILES string of the molecule is CC(C)(C(=O)C1CCC1)N1CCNCC1. The second-order valence-corrected chi connectivity index (χ2v) is 5.29. The maximum Gasteiger partial charge on any atom is 0.155 e. The van der Waals surface area contributed by atoms with E-state index in [2.05, 4.69) is 24.1 Å². The summed E-state index contributed by atoms with van der Waals surface area (Å²) >= 11 is 0. The van der Waals surface area contributed by atoms with Crippen LogP contribution in [0.25, 0.3) is 0 Å². The van der Waals surface area contributed by atoms with E-state index in [1.54, 1.807) is 0 Å². The van der Waals surface area contributed by atoms with E-state index in [4.69, 9.17) is 0 Å². The molecule has 0 amide bonds. The number of piperazine rings is 1. The van der Waals surface area contributed by atoms with E-state index in [1.165, 1.54) is 6.42 Å². The fourth-order valence-electron chi connectivity index (χ4n) is 2.55. The molecule has 1 aliphatic heterocycles. The van der Waals surface area contributed by atoms with Gasteiger partial charge in [0, 0.05) is 32.1 Å². The fourth-order valence-corrected chi connectivity index (χ4v) is 2.55. The minimum absolute atomic E-state index is 0.243. The van der Waals surface area contributed by atoms with Gasteiger partial charge in [-0.25, -0.2) is 0 Å². The van der Waals surface area contributed by atoms with Crippen molar-refractivity contribution < 1.29 is 4.79 Å². The number of rotatable bonds is 3. The second kappa shape index (κ2) is 4.22. The Morgan fingerprint density at radius 2 is 1.87 bits per heavy atom. The quantitative estimate of drug-likeness (QED) is 0.755. The van der Waals surface area contributed by atoms with Gasteiger partial charge in [-0.2, -0.15) is 0 Å². The number of carbonyl (C=O) groups excluding carboxylic acids is 1. The topological polar surface area (TPSA) is 32.3 Å². The first-order valence-electron chi connectivity index (χ1n) is 6.12. The van der Waals surface area contributed by atoms with E-state index >= 15 is 0 Å². The van der Waals surface area contributed by atoms with Gasteiger partial charge in [0.2, 0.25) is 0 Å². The highest BCUT2D eigenvalue weighted by molar-refractivity contribution is 5.90. The predicted octanol–water partition coefficient (Wildman–Crippen LogP) is 1.04. The Bertz CT molecular complexity index is 240. The number of ketones is 1. The third-order valence-electron chi connectivity index (χ3n) is 3.99. The Kier molecular flexibility index (Phi) is 3.12. The summed E-state index contributed by atoms with van der Waals surface area (Å²) in [6.07, 6.45) is 3.48. The summed E-state index contributed by atoms with van der Waals surface area (Å²) in [5, 5.41) is 3.33. The van der Waals surface area contributed by atoms with Gasteiger partial charge in [-0.1, -0.05) is 6.42 Å². The van der Waals surface area contributed by atoms with E-state index in [0.29, 0.717) is 11.7 Å². The number of nitrogens with one attached hydrogen (secondary N) is 1. The Labute approximate surface area is 92.2 Å². The number of nitrogens with zero attached hydrogens (tertiary/aromatic N) is 1. The summed E-state index contributed by atoms with van der Waals surface area (Å²) < 4.78 is 0. The van der Waals surface area contributed by atoms with Gasteiger partial charge in [0.15, 0.2) is 5.78 Å². The molecule has 1 saturated carbocycles. The monoisotopic (exact) mass is 210 g/mol. The molecule has 0 aromatic carbocycles. The molecular formula is C12H22N2O. The van der Waals surface area contributed by atoms with Crippen LogP contribution in [-0.2, 0) is 4.79 Å². The van der Waals surface area contributed by atoms with E-state index in [9.17, 15) is 4.79 Å². The minimum atomic E-state index is -0.243. The zero-order valence-electron chi connectivity index (χ0n) is 9.88. The first-order valence-corrected chi connectivity index (χ1v) is 6.12. The Hall–Kier alpha value is -0.410. The summed E-state index contributed by atoms with van der Waals surface area (Å²) in [7, 11) is 0. The molecule has 2 aliphatic rings. The van der Waals surface area contributed by atoms with Crippen molar-refractivity contribution in [2.75, 3.05) is 26.2 Å². The van der Waals surface area contributed by atoms with Gasteiger partial charge in [-0.3, -0.25) is 9.69 Å². The van der Waals surface area contributed by atoms with Crippen LogP contribution in [0, 0.1) is 5.92 Å². The summed E-state index contributed by atoms with van der Waals surface area (Å²) in [4.78, 5) is 14.6. The molecule has 15 heavy (non-hydrogen) atoms. The predicted molar refractivity (Wildman–Crippen MR) is 60.9 cm³/mol. The third kappa shape index (κ3) is 2.08. The highest BCUT2D eigenvalue weighted by atomic mass is 16.1. The fraction of sp³-hybridized carbons (Fsp3) is 0.917. The summed E-state index contributed by atoms with van der Waals surface area (Å²) in [6.45, 7) is 8.23. The number of Topliss-reactive ketones (excluding diaryl/α,β-unsaturated/α-hetero) is 1. The molecule has 3 nitrogen and oxygen atoms in total. The number of carbonyl (C=O) groups is 1. The molecular weight excluding hydrogens is 188 g/mol. The van der Waals surface area contributed by atoms with Gasteiger partial charge in [0.1, 0.15) is 0 Å². The van der Waals surface area contributed by atoms with Crippen molar-refractivity contribution in [2.24, 2.45) is 5.92 Å². The van der Waals surface area contributed by atoms with Crippen LogP contribution in [0.3, 0.4) is 0 Å². The lowest BCUT2D eigenvalue weighted by atomic mass is 9.75. The molecule has 1 aliphatic carbocycles. The van der Waals surface area contributed by atoms with Crippen LogP contribution in [-0.4, -0.2) is 42.4 Å². The maximum absolute atomic E-state index is 12.3. The normalized spacial score (nSPS) is 24.9. The van der Waals surface area contributed by atoms with Crippen LogP contribution in [0.4, 0.5) is 0 Å². The van der Waals surface area contributed by atoms with Crippen LogP contribution >= 0.6 is 0 Å². The van der Waals surface area contributed by atoms with E-state index in [1.807, 2.05) is 0 Å². The van der Waals surface area contributed by atoms with Crippen LogP contribution in [0.5, 0.6) is 0 Å². The van der Waals surface area contributed by atoms with E-state index in [0.717, 1.165) is 39.0 Å². The van der Waals surface area contributed by atoms with Crippen LogP contribution in [0.1, 0.15) is 33.1 Å². The smallest absolute Gasteiger partial charge is 0.155 e. The molecule has 3 heteroatoms. The summed E-state index contributed by atoms with van der Waals surface area (Å²) in [5.41, 5.74) is -0.243. The van der Waals surface area contributed by atoms with Crippen LogP contribution in [0.2, 0.25) is 0 Å². The second-order valence-electron chi connectivity index (χ2n) is 5.29.